The van der Waals surface area contributed by atoms with Crippen LogP contribution in [0.1, 0.15) is 80.5 Å². The minimum Gasteiger partial charge on any atom is -0.426 e. The van der Waals surface area contributed by atoms with Crippen molar-refractivity contribution in [3.63, 3.8) is 0 Å². The first-order valence-corrected chi connectivity index (χ1v) is 11.6. The lowest BCUT2D eigenvalue weighted by atomic mass is 9.90. The third-order valence-corrected chi connectivity index (χ3v) is 5.82. The molecular weight excluding hydrogens is 367 g/mol. The topological polar surface area (TPSA) is 38.7 Å². The molecular formula is C24H35O3P. The van der Waals surface area contributed by atoms with Gasteiger partial charge in [-0.3, -0.25) is 0 Å². The van der Waals surface area contributed by atoms with Gasteiger partial charge in [0.15, 0.2) is 0 Å². The van der Waals surface area contributed by atoms with Gasteiger partial charge < -0.3 is 13.9 Å². The summed E-state index contributed by atoms with van der Waals surface area (Å²) in [4.78, 5) is 10.3. The smallest absolute Gasteiger partial charge is 0.394 e. The van der Waals surface area contributed by atoms with Crippen molar-refractivity contribution in [1.29, 1.82) is 0 Å². The van der Waals surface area contributed by atoms with Crippen LogP contribution < -0.4 is 4.52 Å². The van der Waals surface area contributed by atoms with Crippen LogP contribution in [0.3, 0.4) is 0 Å². The number of rotatable bonds is 12. The lowest BCUT2D eigenvalue weighted by Crippen LogP contribution is -2.03. The standard InChI is InChI=1S/C24H35O3P/c1-5-6-7-8-9-13-16-26-28(25)27-24-20(3)17-19(2)18-23(24)21(4)22-14-11-10-12-15-22/h10-12,14-15,17-18,21,25H,5-9,13,16H2,1-4H3. The number of hydrogen-bond acceptors (Lipinski definition) is 3. The molecule has 0 heterocycles. The zero-order valence-electron chi connectivity index (χ0n) is 17.8. The van der Waals surface area contributed by atoms with Crippen molar-refractivity contribution < 1.29 is 13.9 Å². The van der Waals surface area contributed by atoms with Gasteiger partial charge in [-0.25, -0.2) is 0 Å². The fourth-order valence-corrected chi connectivity index (χ4v) is 4.23. The molecule has 2 aromatic carbocycles. The predicted octanol–water partition coefficient (Wildman–Crippen LogP) is 7.43. The maximum absolute atomic E-state index is 10.3. The molecule has 28 heavy (non-hydrogen) atoms. The van der Waals surface area contributed by atoms with E-state index in [1.165, 1.54) is 36.8 Å². The van der Waals surface area contributed by atoms with E-state index in [0.717, 1.165) is 29.7 Å². The molecule has 0 amide bonds. The van der Waals surface area contributed by atoms with Gasteiger partial charge in [-0.1, -0.05) is 94.0 Å². The molecule has 1 N–H and O–H groups in total. The SMILES string of the molecule is CCCCCCCCOP(O)Oc1c(C)cc(C)cc1C(C)c1ccccc1. The Hall–Kier alpha value is -1.41. The first-order chi connectivity index (χ1) is 13.5. The lowest BCUT2D eigenvalue weighted by Gasteiger charge is -2.21. The van der Waals surface area contributed by atoms with E-state index >= 15 is 0 Å². The highest BCUT2D eigenvalue weighted by molar-refractivity contribution is 7.41. The zero-order chi connectivity index (χ0) is 20.4. The molecule has 2 atom stereocenters. The molecule has 0 fully saturated rings. The predicted molar refractivity (Wildman–Crippen MR) is 119 cm³/mol. The Kier molecular flexibility index (Phi) is 9.98. The van der Waals surface area contributed by atoms with Gasteiger partial charge in [-0.2, -0.15) is 0 Å². The van der Waals surface area contributed by atoms with Gasteiger partial charge in [0.05, 0.1) is 6.61 Å². The Morgan fingerprint density at radius 3 is 2.36 bits per heavy atom. The summed E-state index contributed by atoms with van der Waals surface area (Å²) in [5, 5.41) is 0. The quantitative estimate of drug-likeness (QED) is 0.296. The van der Waals surface area contributed by atoms with Crippen molar-refractivity contribution >= 4 is 8.60 Å². The van der Waals surface area contributed by atoms with Crippen molar-refractivity contribution in [3.05, 3.63) is 64.7 Å². The van der Waals surface area contributed by atoms with E-state index in [0.29, 0.717) is 6.61 Å². The van der Waals surface area contributed by atoms with E-state index in [1.807, 2.05) is 13.0 Å². The van der Waals surface area contributed by atoms with Crippen LogP contribution in [-0.4, -0.2) is 11.5 Å². The summed E-state index contributed by atoms with van der Waals surface area (Å²) in [5.41, 5.74) is 4.54. The fourth-order valence-electron chi connectivity index (χ4n) is 3.48. The van der Waals surface area contributed by atoms with Gasteiger partial charge in [0, 0.05) is 11.5 Å². The van der Waals surface area contributed by atoms with E-state index in [4.69, 9.17) is 9.05 Å². The van der Waals surface area contributed by atoms with Crippen LogP contribution in [0.4, 0.5) is 0 Å². The van der Waals surface area contributed by atoms with Gasteiger partial charge in [0.25, 0.3) is 0 Å². The number of benzene rings is 2. The molecule has 0 aliphatic heterocycles. The van der Waals surface area contributed by atoms with Crippen molar-refractivity contribution in [2.45, 2.75) is 72.1 Å². The second kappa shape index (κ2) is 12.2. The molecule has 0 radical (unpaired) electrons. The summed E-state index contributed by atoms with van der Waals surface area (Å²) in [6.45, 7) is 9.06. The van der Waals surface area contributed by atoms with Gasteiger partial charge in [-0.15, -0.1) is 0 Å². The molecule has 0 spiro atoms. The molecule has 2 unspecified atom stereocenters. The van der Waals surface area contributed by atoms with Crippen molar-refractivity contribution in [2.75, 3.05) is 6.61 Å². The number of aryl methyl sites for hydroxylation is 2. The second-order valence-electron chi connectivity index (χ2n) is 7.56. The summed E-state index contributed by atoms with van der Waals surface area (Å²) in [6.07, 6.45) is 7.18. The minimum absolute atomic E-state index is 0.178. The number of unbranched alkanes of at least 4 members (excludes halogenated alkanes) is 5. The summed E-state index contributed by atoms with van der Waals surface area (Å²) in [6, 6.07) is 14.6. The molecule has 2 rings (SSSR count). The monoisotopic (exact) mass is 402 g/mol. The van der Waals surface area contributed by atoms with E-state index in [1.54, 1.807) is 0 Å². The van der Waals surface area contributed by atoms with Crippen LogP contribution >= 0.6 is 8.60 Å². The second-order valence-corrected chi connectivity index (χ2v) is 8.48. The maximum Gasteiger partial charge on any atom is 0.394 e. The summed E-state index contributed by atoms with van der Waals surface area (Å²) in [5.74, 6) is 0.926. The molecule has 2 aromatic rings. The molecule has 0 bridgehead atoms. The van der Waals surface area contributed by atoms with E-state index in [-0.39, 0.29) is 5.92 Å². The first-order valence-electron chi connectivity index (χ1n) is 10.5. The van der Waals surface area contributed by atoms with Crippen molar-refractivity contribution in [3.8, 4) is 5.75 Å². The van der Waals surface area contributed by atoms with Gasteiger partial charge >= 0.3 is 8.60 Å². The molecule has 0 saturated carbocycles. The van der Waals surface area contributed by atoms with Crippen LogP contribution in [-0.2, 0) is 4.52 Å². The van der Waals surface area contributed by atoms with Crippen LogP contribution in [0, 0.1) is 13.8 Å². The normalized spacial score (nSPS) is 13.3. The molecule has 0 aliphatic carbocycles. The maximum atomic E-state index is 10.3. The molecule has 4 heteroatoms. The van der Waals surface area contributed by atoms with E-state index in [9.17, 15) is 4.89 Å². The third kappa shape index (κ3) is 7.20. The molecule has 0 aliphatic rings. The fraction of sp³-hybridized carbons (Fsp3) is 0.500. The minimum atomic E-state index is -1.92. The highest BCUT2D eigenvalue weighted by atomic mass is 31.2. The van der Waals surface area contributed by atoms with Crippen LogP contribution in [0.15, 0.2) is 42.5 Å². The Morgan fingerprint density at radius 2 is 1.64 bits per heavy atom. The summed E-state index contributed by atoms with van der Waals surface area (Å²) >= 11 is 0. The van der Waals surface area contributed by atoms with Gasteiger partial charge in [-0.05, 0) is 31.4 Å². The average Bonchev–Trinajstić information content (AvgIpc) is 2.69. The summed E-state index contributed by atoms with van der Waals surface area (Å²) < 4.78 is 11.5. The summed E-state index contributed by atoms with van der Waals surface area (Å²) in [7, 11) is -1.92. The van der Waals surface area contributed by atoms with Crippen molar-refractivity contribution in [2.24, 2.45) is 0 Å². The van der Waals surface area contributed by atoms with Crippen molar-refractivity contribution in [1.82, 2.24) is 0 Å². The van der Waals surface area contributed by atoms with Gasteiger partial charge in [0.1, 0.15) is 5.75 Å². The van der Waals surface area contributed by atoms with Crippen LogP contribution in [0.5, 0.6) is 5.75 Å². The highest BCUT2D eigenvalue weighted by Gasteiger charge is 2.20. The Bertz CT molecular complexity index is 702. The Balaban J connectivity index is 1.98. The molecule has 0 saturated heterocycles. The molecule has 3 nitrogen and oxygen atoms in total. The molecule has 0 aromatic heterocycles. The lowest BCUT2D eigenvalue weighted by molar-refractivity contribution is 0.252. The average molecular weight is 403 g/mol. The van der Waals surface area contributed by atoms with Crippen LogP contribution in [0.25, 0.3) is 0 Å². The van der Waals surface area contributed by atoms with Crippen LogP contribution in [0.2, 0.25) is 0 Å². The first kappa shape index (κ1) is 22.9. The third-order valence-electron chi connectivity index (χ3n) is 5.08. The highest BCUT2D eigenvalue weighted by Crippen LogP contribution is 2.42. The largest absolute Gasteiger partial charge is 0.426 e. The zero-order valence-corrected chi connectivity index (χ0v) is 18.7. The van der Waals surface area contributed by atoms with Gasteiger partial charge in [0.2, 0.25) is 0 Å². The van der Waals surface area contributed by atoms with E-state index < -0.39 is 8.60 Å². The Morgan fingerprint density at radius 1 is 0.964 bits per heavy atom. The Labute approximate surface area is 172 Å². The van der Waals surface area contributed by atoms with E-state index in [2.05, 4.69) is 57.2 Å². The number of hydrogen-bond donors (Lipinski definition) is 1. The molecule has 154 valence electrons.